The molecule has 1 aromatic rings. The van der Waals surface area contributed by atoms with E-state index in [4.69, 9.17) is 10.00 Å². The summed E-state index contributed by atoms with van der Waals surface area (Å²) in [6.07, 6.45) is 2.91. The molecular formula is C7H8N4O2. The van der Waals surface area contributed by atoms with E-state index in [2.05, 4.69) is 15.3 Å². The zero-order chi connectivity index (χ0) is 9.68. The first-order chi connectivity index (χ1) is 6.27. The largest absolute Gasteiger partial charge is 0.487 e. The van der Waals surface area contributed by atoms with Crippen LogP contribution in [-0.4, -0.2) is 16.6 Å². The van der Waals surface area contributed by atoms with Crippen molar-refractivity contribution in [3.05, 3.63) is 16.6 Å². The molecule has 0 aromatic carbocycles. The Morgan fingerprint density at radius 2 is 2.62 bits per heavy atom. The fraction of sp³-hybridized carbons (Fsp3) is 0.286. The van der Waals surface area contributed by atoms with Gasteiger partial charge in [0, 0.05) is 0 Å². The van der Waals surface area contributed by atoms with Gasteiger partial charge >= 0.3 is 0 Å². The number of aromatic nitrogens is 2. The summed E-state index contributed by atoms with van der Waals surface area (Å²) in [5.74, 6) is 0.252. The maximum atomic E-state index is 11.1. The summed E-state index contributed by atoms with van der Waals surface area (Å²) in [5.41, 5.74) is -0.408. The third-order valence-corrected chi connectivity index (χ3v) is 1.24. The number of ether oxygens (including phenoxy) is 1. The average molecular weight is 180 g/mol. The van der Waals surface area contributed by atoms with Crippen molar-refractivity contribution in [2.45, 2.75) is 6.92 Å². The monoisotopic (exact) mass is 180 g/mol. The Balaban J connectivity index is 2.93. The molecule has 0 spiro atoms. The highest BCUT2D eigenvalue weighted by atomic mass is 16.5. The van der Waals surface area contributed by atoms with Gasteiger partial charge in [0.15, 0.2) is 6.19 Å². The summed E-state index contributed by atoms with van der Waals surface area (Å²) in [7, 11) is 0. The lowest BCUT2D eigenvalue weighted by Gasteiger charge is -2.01. The summed E-state index contributed by atoms with van der Waals surface area (Å²) in [5, 5.41) is 10.4. The van der Waals surface area contributed by atoms with Crippen LogP contribution >= 0.6 is 0 Å². The molecule has 1 rings (SSSR count). The van der Waals surface area contributed by atoms with E-state index < -0.39 is 5.56 Å². The lowest BCUT2D eigenvalue weighted by atomic mass is 10.6. The number of nitriles is 1. The zero-order valence-corrected chi connectivity index (χ0v) is 7.00. The second kappa shape index (κ2) is 4.11. The second-order valence-corrected chi connectivity index (χ2v) is 2.09. The summed E-state index contributed by atoms with van der Waals surface area (Å²) >= 11 is 0. The summed E-state index contributed by atoms with van der Waals surface area (Å²) in [6, 6.07) is 0. The molecule has 0 bridgehead atoms. The molecule has 6 nitrogen and oxygen atoms in total. The third-order valence-electron chi connectivity index (χ3n) is 1.24. The van der Waals surface area contributed by atoms with Crippen molar-refractivity contribution < 1.29 is 4.74 Å². The Labute approximate surface area is 74.2 Å². The van der Waals surface area contributed by atoms with Gasteiger partial charge in [-0.25, -0.2) is 4.98 Å². The van der Waals surface area contributed by atoms with E-state index in [-0.39, 0.29) is 11.7 Å². The summed E-state index contributed by atoms with van der Waals surface area (Å²) < 4.78 is 4.95. The standard InChI is InChI=1S/C7H8N4O2/c1-2-13-5-3-9-7(10-4-8)11-6(5)12/h3H,2H2,1H3,(H2,9,10,11,12). The molecule has 1 aromatic heterocycles. The predicted octanol–water partition coefficient (Wildman–Crippen LogP) is 0.0616. The van der Waals surface area contributed by atoms with Crippen LogP contribution in [0, 0.1) is 11.5 Å². The maximum Gasteiger partial charge on any atom is 0.294 e. The molecular weight excluding hydrogens is 172 g/mol. The molecule has 1 heterocycles. The van der Waals surface area contributed by atoms with Crippen LogP contribution in [0.2, 0.25) is 0 Å². The molecule has 0 saturated carbocycles. The number of anilines is 1. The van der Waals surface area contributed by atoms with Crippen LogP contribution < -0.4 is 15.6 Å². The minimum absolute atomic E-state index is 0.107. The maximum absolute atomic E-state index is 11.1. The molecule has 2 N–H and O–H groups in total. The predicted molar refractivity (Wildman–Crippen MR) is 45.3 cm³/mol. The second-order valence-electron chi connectivity index (χ2n) is 2.09. The van der Waals surface area contributed by atoms with Crippen LogP contribution in [0.25, 0.3) is 0 Å². The van der Waals surface area contributed by atoms with E-state index in [1.165, 1.54) is 6.20 Å². The molecule has 0 aliphatic rings. The first-order valence-electron chi connectivity index (χ1n) is 3.65. The van der Waals surface area contributed by atoms with Crippen molar-refractivity contribution in [2.75, 3.05) is 11.9 Å². The first kappa shape index (κ1) is 9.06. The van der Waals surface area contributed by atoms with Crippen LogP contribution in [0.1, 0.15) is 6.92 Å². The highest BCUT2D eigenvalue weighted by molar-refractivity contribution is 5.31. The number of nitrogens with zero attached hydrogens (tertiary/aromatic N) is 2. The lowest BCUT2D eigenvalue weighted by molar-refractivity contribution is 0.334. The Hall–Kier alpha value is -2.03. The molecule has 0 atom stereocenters. The molecule has 0 saturated heterocycles. The van der Waals surface area contributed by atoms with E-state index >= 15 is 0 Å². The van der Waals surface area contributed by atoms with Crippen molar-refractivity contribution in [3.63, 3.8) is 0 Å². The number of aromatic amines is 1. The van der Waals surface area contributed by atoms with E-state index in [1.807, 2.05) is 0 Å². The summed E-state index contributed by atoms with van der Waals surface area (Å²) in [4.78, 5) is 17.2. The van der Waals surface area contributed by atoms with E-state index in [0.29, 0.717) is 6.61 Å². The lowest BCUT2D eigenvalue weighted by Crippen LogP contribution is -2.13. The highest BCUT2D eigenvalue weighted by Gasteiger charge is 2.01. The molecule has 0 fully saturated rings. The van der Waals surface area contributed by atoms with Crippen molar-refractivity contribution >= 4 is 5.95 Å². The number of nitrogens with one attached hydrogen (secondary N) is 2. The van der Waals surface area contributed by atoms with Gasteiger partial charge in [0.25, 0.3) is 5.56 Å². The average Bonchev–Trinajstić information content (AvgIpc) is 2.10. The van der Waals surface area contributed by atoms with Gasteiger partial charge in [-0.05, 0) is 6.92 Å². The molecule has 68 valence electrons. The zero-order valence-electron chi connectivity index (χ0n) is 7.00. The number of rotatable bonds is 3. The van der Waals surface area contributed by atoms with Crippen molar-refractivity contribution in [1.29, 1.82) is 5.26 Å². The molecule has 0 aliphatic heterocycles. The molecule has 0 radical (unpaired) electrons. The van der Waals surface area contributed by atoms with E-state index in [9.17, 15) is 4.79 Å². The normalized spacial score (nSPS) is 8.92. The van der Waals surface area contributed by atoms with Crippen LogP contribution in [-0.2, 0) is 0 Å². The van der Waals surface area contributed by atoms with E-state index in [0.717, 1.165) is 0 Å². The first-order valence-corrected chi connectivity index (χ1v) is 3.65. The van der Waals surface area contributed by atoms with Crippen molar-refractivity contribution in [1.82, 2.24) is 9.97 Å². The Morgan fingerprint density at radius 1 is 1.85 bits per heavy atom. The SMILES string of the molecule is CCOc1cnc(NC#N)[nH]c1=O. The fourth-order valence-electron chi connectivity index (χ4n) is 0.758. The van der Waals surface area contributed by atoms with Crippen LogP contribution in [0.15, 0.2) is 11.0 Å². The third kappa shape index (κ3) is 2.20. The van der Waals surface area contributed by atoms with Gasteiger partial charge in [-0.1, -0.05) is 0 Å². The van der Waals surface area contributed by atoms with Gasteiger partial charge < -0.3 is 4.74 Å². The molecule has 0 aliphatic carbocycles. The van der Waals surface area contributed by atoms with Gasteiger partial charge in [-0.15, -0.1) is 0 Å². The van der Waals surface area contributed by atoms with Gasteiger partial charge in [-0.3, -0.25) is 15.1 Å². The fourth-order valence-corrected chi connectivity index (χ4v) is 0.758. The minimum Gasteiger partial charge on any atom is -0.487 e. The number of H-pyrrole nitrogens is 1. The van der Waals surface area contributed by atoms with Crippen LogP contribution in [0.3, 0.4) is 0 Å². The molecule has 0 unspecified atom stereocenters. The Kier molecular flexibility index (Phi) is 2.87. The van der Waals surface area contributed by atoms with Gasteiger partial charge in [0.05, 0.1) is 12.8 Å². The quantitative estimate of drug-likeness (QED) is 0.507. The molecule has 13 heavy (non-hydrogen) atoms. The molecule has 0 amide bonds. The Morgan fingerprint density at radius 3 is 3.15 bits per heavy atom. The summed E-state index contributed by atoms with van der Waals surface area (Å²) in [6.45, 7) is 2.16. The van der Waals surface area contributed by atoms with Gasteiger partial charge in [0.2, 0.25) is 11.7 Å². The minimum atomic E-state index is -0.408. The van der Waals surface area contributed by atoms with Gasteiger partial charge in [0.1, 0.15) is 0 Å². The van der Waals surface area contributed by atoms with Crippen LogP contribution in [0.4, 0.5) is 5.95 Å². The highest BCUT2D eigenvalue weighted by Crippen LogP contribution is 2.00. The number of hydrogen-bond acceptors (Lipinski definition) is 5. The van der Waals surface area contributed by atoms with Crippen molar-refractivity contribution in [2.24, 2.45) is 0 Å². The number of hydrogen-bond donors (Lipinski definition) is 2. The Bertz CT molecular complexity index is 379. The van der Waals surface area contributed by atoms with Gasteiger partial charge in [-0.2, -0.15) is 5.26 Å². The van der Waals surface area contributed by atoms with E-state index in [1.54, 1.807) is 13.1 Å². The smallest absolute Gasteiger partial charge is 0.294 e. The molecule has 6 heteroatoms. The van der Waals surface area contributed by atoms with Crippen LogP contribution in [0.5, 0.6) is 5.75 Å². The topological polar surface area (TPSA) is 90.8 Å². The van der Waals surface area contributed by atoms with Crippen molar-refractivity contribution in [3.8, 4) is 11.9 Å².